The van der Waals surface area contributed by atoms with Crippen molar-refractivity contribution in [3.8, 4) is 0 Å². The zero-order valence-electron chi connectivity index (χ0n) is 11.2. The molecule has 2 aromatic rings. The van der Waals surface area contributed by atoms with Crippen molar-refractivity contribution < 1.29 is 14.7 Å². The minimum Gasteiger partial charge on any atom is -0.480 e. The summed E-state index contributed by atoms with van der Waals surface area (Å²) in [4.78, 5) is 22.7. The molecule has 0 bridgehead atoms. The first-order valence-corrected chi connectivity index (χ1v) is 6.96. The van der Waals surface area contributed by atoms with E-state index in [2.05, 4.69) is 21.2 Å². The van der Waals surface area contributed by atoms with Gasteiger partial charge in [-0.25, -0.2) is 0 Å². The molecule has 0 saturated carbocycles. The quantitative estimate of drug-likeness (QED) is 0.898. The molecule has 1 unspecified atom stereocenters. The zero-order valence-corrected chi connectivity index (χ0v) is 12.8. The van der Waals surface area contributed by atoms with E-state index in [1.54, 1.807) is 0 Å². The molecule has 2 N–H and O–H groups in total. The van der Waals surface area contributed by atoms with Crippen LogP contribution < -0.4 is 5.32 Å². The highest BCUT2D eigenvalue weighted by molar-refractivity contribution is 9.10. The van der Waals surface area contributed by atoms with E-state index in [0.717, 1.165) is 21.1 Å². The molecule has 1 heterocycles. The molecule has 0 spiro atoms. The maximum Gasteiger partial charge on any atom is 0.325 e. The van der Waals surface area contributed by atoms with Crippen molar-refractivity contribution >= 4 is 38.7 Å². The van der Waals surface area contributed by atoms with Gasteiger partial charge in [0.25, 0.3) is 0 Å². The Labute approximate surface area is 124 Å². The minimum atomic E-state index is -1.05. The summed E-state index contributed by atoms with van der Waals surface area (Å²) in [6.45, 7) is 3.45. The van der Waals surface area contributed by atoms with Gasteiger partial charge in [0.2, 0.25) is 5.91 Å². The smallest absolute Gasteiger partial charge is 0.325 e. The van der Waals surface area contributed by atoms with E-state index in [9.17, 15) is 9.59 Å². The number of carbonyl (C=O) groups excluding carboxylic acids is 1. The van der Waals surface area contributed by atoms with Crippen LogP contribution in [0.2, 0.25) is 0 Å². The van der Waals surface area contributed by atoms with E-state index >= 15 is 0 Å². The fourth-order valence-electron chi connectivity index (χ4n) is 2.08. The van der Waals surface area contributed by atoms with Crippen molar-refractivity contribution in [2.75, 3.05) is 0 Å². The summed E-state index contributed by atoms with van der Waals surface area (Å²) in [5.41, 5.74) is 1.87. The van der Waals surface area contributed by atoms with Crippen LogP contribution in [0.1, 0.15) is 12.6 Å². The van der Waals surface area contributed by atoms with Crippen molar-refractivity contribution in [1.82, 2.24) is 9.88 Å². The largest absolute Gasteiger partial charge is 0.480 e. The number of nitrogens with one attached hydrogen (secondary N) is 1. The first-order chi connectivity index (χ1) is 9.41. The first-order valence-electron chi connectivity index (χ1n) is 6.17. The second-order valence-electron chi connectivity index (χ2n) is 4.63. The lowest BCUT2D eigenvalue weighted by Gasteiger charge is -2.12. The van der Waals surface area contributed by atoms with Crippen molar-refractivity contribution in [1.29, 1.82) is 0 Å². The van der Waals surface area contributed by atoms with Gasteiger partial charge in [-0.2, -0.15) is 0 Å². The van der Waals surface area contributed by atoms with Gasteiger partial charge in [-0.3, -0.25) is 9.59 Å². The maximum atomic E-state index is 11.9. The second-order valence-corrected chi connectivity index (χ2v) is 5.42. The van der Waals surface area contributed by atoms with Crippen LogP contribution in [0.15, 0.2) is 28.7 Å². The molecule has 6 heteroatoms. The summed E-state index contributed by atoms with van der Waals surface area (Å²) in [5.74, 6) is -1.37. The molecule has 0 saturated heterocycles. The van der Waals surface area contributed by atoms with E-state index in [1.807, 2.05) is 35.8 Å². The molecule has 1 amide bonds. The zero-order chi connectivity index (χ0) is 14.9. The predicted octanol–water partition coefficient (Wildman–Crippen LogP) is 2.30. The third-order valence-corrected chi connectivity index (χ3v) is 4.20. The number of carboxylic acids is 1. The van der Waals surface area contributed by atoms with Gasteiger partial charge in [0.15, 0.2) is 0 Å². The monoisotopic (exact) mass is 338 g/mol. The molecule has 1 aromatic carbocycles. The van der Waals surface area contributed by atoms with Gasteiger partial charge in [0, 0.05) is 21.1 Å². The number of hydrogen-bond acceptors (Lipinski definition) is 2. The molecular weight excluding hydrogens is 324 g/mol. The third-order valence-electron chi connectivity index (χ3n) is 3.20. The lowest BCUT2D eigenvalue weighted by Crippen LogP contribution is -2.40. The van der Waals surface area contributed by atoms with Crippen LogP contribution in [0, 0.1) is 6.92 Å². The van der Waals surface area contributed by atoms with E-state index in [-0.39, 0.29) is 12.5 Å². The number of aromatic nitrogens is 1. The van der Waals surface area contributed by atoms with Gasteiger partial charge >= 0.3 is 5.97 Å². The molecule has 0 fully saturated rings. The number of fused-ring (bicyclic) bond motifs is 1. The fourth-order valence-corrected chi connectivity index (χ4v) is 2.63. The standard InChI is InChI=1S/C14H15BrN2O3/c1-8(14(19)20)16-12(18)7-17-9(2)13(15)10-5-3-4-6-11(10)17/h3-6,8H,7H2,1-2H3,(H,16,18)(H,19,20). The van der Waals surface area contributed by atoms with Crippen molar-refractivity contribution in [2.45, 2.75) is 26.4 Å². The molecule has 0 aliphatic rings. The van der Waals surface area contributed by atoms with E-state index in [0.29, 0.717) is 0 Å². The summed E-state index contributed by atoms with van der Waals surface area (Å²) < 4.78 is 2.82. The number of nitrogens with zero attached hydrogens (tertiary/aromatic N) is 1. The minimum absolute atomic E-state index is 0.0928. The van der Waals surface area contributed by atoms with E-state index in [4.69, 9.17) is 5.11 Å². The molecular formula is C14H15BrN2O3. The second kappa shape index (κ2) is 5.66. The van der Waals surface area contributed by atoms with Gasteiger partial charge in [0.1, 0.15) is 12.6 Å². The highest BCUT2D eigenvalue weighted by atomic mass is 79.9. The van der Waals surface area contributed by atoms with E-state index in [1.165, 1.54) is 6.92 Å². The summed E-state index contributed by atoms with van der Waals surface area (Å²) >= 11 is 3.52. The number of halogens is 1. The Morgan fingerprint density at radius 3 is 2.70 bits per heavy atom. The molecule has 0 radical (unpaired) electrons. The summed E-state index contributed by atoms with van der Waals surface area (Å²) in [7, 11) is 0. The van der Waals surface area contributed by atoms with Gasteiger partial charge in [-0.15, -0.1) is 0 Å². The lowest BCUT2D eigenvalue weighted by atomic mass is 10.2. The Bertz CT molecular complexity index is 678. The molecule has 1 aromatic heterocycles. The van der Waals surface area contributed by atoms with Crippen LogP contribution in [0.4, 0.5) is 0 Å². The average Bonchev–Trinajstić information content (AvgIpc) is 2.64. The SMILES string of the molecule is Cc1c(Br)c2ccccc2n1CC(=O)NC(C)C(=O)O. The highest BCUT2D eigenvalue weighted by Crippen LogP contribution is 2.30. The van der Waals surface area contributed by atoms with Crippen molar-refractivity contribution in [3.05, 3.63) is 34.4 Å². The topological polar surface area (TPSA) is 71.3 Å². The number of carbonyl (C=O) groups is 2. The van der Waals surface area contributed by atoms with Crippen LogP contribution in [0.25, 0.3) is 10.9 Å². The Morgan fingerprint density at radius 1 is 1.40 bits per heavy atom. The van der Waals surface area contributed by atoms with Crippen LogP contribution in [-0.4, -0.2) is 27.6 Å². The molecule has 20 heavy (non-hydrogen) atoms. The number of carboxylic acid groups (broad SMARTS) is 1. The van der Waals surface area contributed by atoms with Crippen molar-refractivity contribution in [2.24, 2.45) is 0 Å². The van der Waals surface area contributed by atoms with Gasteiger partial charge < -0.3 is 15.0 Å². The lowest BCUT2D eigenvalue weighted by molar-refractivity contribution is -0.141. The number of aliphatic carboxylic acids is 1. The molecule has 2 rings (SSSR count). The number of benzene rings is 1. The summed E-state index contributed by atoms with van der Waals surface area (Å²) in [6.07, 6.45) is 0. The van der Waals surface area contributed by atoms with Gasteiger partial charge in [-0.05, 0) is 35.8 Å². The molecule has 0 aliphatic heterocycles. The average molecular weight is 339 g/mol. The van der Waals surface area contributed by atoms with E-state index < -0.39 is 12.0 Å². The van der Waals surface area contributed by atoms with Gasteiger partial charge in [-0.1, -0.05) is 18.2 Å². The first kappa shape index (κ1) is 14.6. The maximum absolute atomic E-state index is 11.9. The number of amides is 1. The molecule has 106 valence electrons. The number of rotatable bonds is 4. The Kier molecular flexibility index (Phi) is 4.13. The fraction of sp³-hybridized carbons (Fsp3) is 0.286. The summed E-state index contributed by atoms with van der Waals surface area (Å²) in [6, 6.07) is 6.85. The normalized spacial score (nSPS) is 12.3. The van der Waals surface area contributed by atoms with Crippen LogP contribution in [0.3, 0.4) is 0 Å². The molecule has 5 nitrogen and oxygen atoms in total. The van der Waals surface area contributed by atoms with Crippen LogP contribution >= 0.6 is 15.9 Å². The number of hydrogen-bond donors (Lipinski definition) is 2. The van der Waals surface area contributed by atoms with Crippen LogP contribution in [0.5, 0.6) is 0 Å². The van der Waals surface area contributed by atoms with Gasteiger partial charge in [0.05, 0.1) is 0 Å². The van der Waals surface area contributed by atoms with Crippen LogP contribution in [-0.2, 0) is 16.1 Å². The Morgan fingerprint density at radius 2 is 2.05 bits per heavy atom. The highest BCUT2D eigenvalue weighted by Gasteiger charge is 2.17. The number of para-hydroxylation sites is 1. The third kappa shape index (κ3) is 2.70. The Balaban J connectivity index is 2.28. The molecule has 0 aliphatic carbocycles. The Hall–Kier alpha value is -1.82. The molecule has 1 atom stereocenters. The predicted molar refractivity (Wildman–Crippen MR) is 79.6 cm³/mol. The van der Waals surface area contributed by atoms with Crippen molar-refractivity contribution in [3.63, 3.8) is 0 Å². The summed E-state index contributed by atoms with van der Waals surface area (Å²) in [5, 5.41) is 12.3.